The Bertz CT molecular complexity index is 213. The van der Waals surface area contributed by atoms with Gasteiger partial charge in [0, 0.05) is 18.0 Å². The highest BCUT2D eigenvalue weighted by atomic mass is 16.5. The third kappa shape index (κ3) is 5.87. The highest BCUT2D eigenvalue weighted by molar-refractivity contribution is 4.76. The topological polar surface area (TPSA) is 21.3 Å². The van der Waals surface area contributed by atoms with Crippen molar-refractivity contribution in [3.05, 3.63) is 0 Å². The maximum atomic E-state index is 6.15. The van der Waals surface area contributed by atoms with Crippen LogP contribution in [0.2, 0.25) is 0 Å². The van der Waals surface area contributed by atoms with Crippen LogP contribution >= 0.6 is 0 Å². The molecule has 0 aromatic carbocycles. The molecule has 1 fully saturated rings. The van der Waals surface area contributed by atoms with E-state index in [1.165, 1.54) is 25.7 Å². The lowest BCUT2D eigenvalue weighted by atomic mass is 9.87. The van der Waals surface area contributed by atoms with Crippen LogP contribution in [-0.4, -0.2) is 25.3 Å². The zero-order valence-electron chi connectivity index (χ0n) is 12.4. The minimum absolute atomic E-state index is 0.238. The zero-order chi connectivity index (χ0) is 12.9. The molecule has 1 saturated carbocycles. The van der Waals surface area contributed by atoms with Gasteiger partial charge in [-0.05, 0) is 18.8 Å². The van der Waals surface area contributed by atoms with Crippen molar-refractivity contribution < 1.29 is 4.74 Å². The van der Waals surface area contributed by atoms with Crippen LogP contribution < -0.4 is 5.32 Å². The second-order valence-corrected chi connectivity index (χ2v) is 6.81. The van der Waals surface area contributed by atoms with Gasteiger partial charge in [-0.3, -0.25) is 0 Å². The summed E-state index contributed by atoms with van der Waals surface area (Å²) in [5, 5.41) is 3.50. The third-order valence-corrected chi connectivity index (χ3v) is 3.71. The minimum atomic E-state index is 0.238. The quantitative estimate of drug-likeness (QED) is 0.767. The van der Waals surface area contributed by atoms with E-state index in [2.05, 4.69) is 39.9 Å². The fourth-order valence-corrected chi connectivity index (χ4v) is 2.39. The third-order valence-electron chi connectivity index (χ3n) is 3.71. The normalized spacial score (nSPS) is 26.5. The predicted octanol–water partition coefficient (Wildman–Crippen LogP) is 3.61. The van der Waals surface area contributed by atoms with E-state index in [-0.39, 0.29) is 5.41 Å². The highest BCUT2D eigenvalue weighted by Gasteiger charge is 2.25. The first-order valence-corrected chi connectivity index (χ1v) is 7.26. The molecule has 0 heterocycles. The number of hydrogen-bond acceptors (Lipinski definition) is 2. The van der Waals surface area contributed by atoms with Gasteiger partial charge in [-0.2, -0.15) is 0 Å². The summed E-state index contributed by atoms with van der Waals surface area (Å²) in [6, 6.07) is 0.558. The molecule has 17 heavy (non-hydrogen) atoms. The van der Waals surface area contributed by atoms with Crippen LogP contribution in [0.15, 0.2) is 0 Å². The molecule has 0 aliphatic heterocycles. The van der Waals surface area contributed by atoms with Crippen LogP contribution in [0.3, 0.4) is 0 Å². The van der Waals surface area contributed by atoms with Gasteiger partial charge in [-0.1, -0.05) is 47.5 Å². The molecule has 1 aliphatic rings. The lowest BCUT2D eigenvalue weighted by Crippen LogP contribution is -2.38. The van der Waals surface area contributed by atoms with Gasteiger partial charge >= 0.3 is 0 Å². The Balaban J connectivity index is 2.27. The van der Waals surface area contributed by atoms with E-state index < -0.39 is 0 Å². The van der Waals surface area contributed by atoms with Crippen LogP contribution in [0, 0.1) is 11.3 Å². The van der Waals surface area contributed by atoms with E-state index in [9.17, 15) is 0 Å². The molecule has 0 amide bonds. The van der Waals surface area contributed by atoms with Gasteiger partial charge in [-0.25, -0.2) is 0 Å². The molecule has 2 nitrogen and oxygen atoms in total. The van der Waals surface area contributed by atoms with Crippen LogP contribution in [0.25, 0.3) is 0 Å². The Kier molecular flexibility index (Phi) is 5.94. The van der Waals surface area contributed by atoms with E-state index in [1.807, 2.05) is 0 Å². The van der Waals surface area contributed by atoms with Gasteiger partial charge in [0.1, 0.15) is 0 Å². The van der Waals surface area contributed by atoms with Crippen molar-refractivity contribution in [2.75, 3.05) is 13.2 Å². The van der Waals surface area contributed by atoms with Crippen molar-refractivity contribution in [1.29, 1.82) is 0 Å². The largest absolute Gasteiger partial charge is 0.377 e. The Morgan fingerprint density at radius 1 is 1.24 bits per heavy atom. The summed E-state index contributed by atoms with van der Waals surface area (Å²) in [7, 11) is 0. The zero-order valence-corrected chi connectivity index (χ0v) is 12.4. The summed E-state index contributed by atoms with van der Waals surface area (Å²) in [6.07, 6.45) is 5.84. The standard InChI is InChI=1S/C15H31NO/c1-12(2)16-10-15(4,5)11-17-14-9-7-6-8-13(14)3/h12-14,16H,6-11H2,1-5H3. The summed E-state index contributed by atoms with van der Waals surface area (Å²) in [5.74, 6) is 0.748. The summed E-state index contributed by atoms with van der Waals surface area (Å²) in [4.78, 5) is 0. The molecule has 2 atom stereocenters. The molecule has 1 rings (SSSR count). The highest BCUT2D eigenvalue weighted by Crippen LogP contribution is 2.28. The number of hydrogen-bond donors (Lipinski definition) is 1. The first kappa shape index (κ1) is 15.0. The van der Waals surface area contributed by atoms with Gasteiger partial charge in [0.05, 0.1) is 12.7 Å². The Labute approximate surface area is 108 Å². The average Bonchev–Trinajstić information content (AvgIpc) is 2.26. The lowest BCUT2D eigenvalue weighted by Gasteiger charge is -2.33. The molecule has 1 N–H and O–H groups in total. The average molecular weight is 241 g/mol. The Morgan fingerprint density at radius 2 is 1.88 bits per heavy atom. The summed E-state index contributed by atoms with van der Waals surface area (Å²) in [5.41, 5.74) is 0.238. The fourth-order valence-electron chi connectivity index (χ4n) is 2.39. The molecular formula is C15H31NO. The van der Waals surface area contributed by atoms with E-state index in [4.69, 9.17) is 4.74 Å². The second kappa shape index (κ2) is 6.75. The lowest BCUT2D eigenvalue weighted by molar-refractivity contribution is -0.0402. The predicted molar refractivity (Wildman–Crippen MR) is 74.3 cm³/mol. The van der Waals surface area contributed by atoms with Crippen LogP contribution in [0.5, 0.6) is 0 Å². The van der Waals surface area contributed by atoms with Crippen LogP contribution in [0.1, 0.15) is 60.3 Å². The van der Waals surface area contributed by atoms with Crippen molar-refractivity contribution in [3.63, 3.8) is 0 Å². The van der Waals surface area contributed by atoms with Gasteiger partial charge in [-0.15, -0.1) is 0 Å². The molecule has 102 valence electrons. The molecule has 0 spiro atoms. The van der Waals surface area contributed by atoms with Crippen molar-refractivity contribution >= 4 is 0 Å². The van der Waals surface area contributed by atoms with Gasteiger partial charge in [0.25, 0.3) is 0 Å². The molecule has 1 aliphatic carbocycles. The molecule has 0 bridgehead atoms. The summed E-state index contributed by atoms with van der Waals surface area (Å²) in [6.45, 7) is 13.2. The Hall–Kier alpha value is -0.0800. The molecule has 2 heteroatoms. The molecular weight excluding hydrogens is 210 g/mol. The van der Waals surface area contributed by atoms with Crippen molar-refractivity contribution in [2.45, 2.75) is 72.4 Å². The molecule has 2 unspecified atom stereocenters. The first-order valence-electron chi connectivity index (χ1n) is 7.26. The van der Waals surface area contributed by atoms with E-state index in [0.29, 0.717) is 12.1 Å². The van der Waals surface area contributed by atoms with Crippen LogP contribution in [0.4, 0.5) is 0 Å². The number of nitrogens with one attached hydrogen (secondary N) is 1. The number of ether oxygens (including phenoxy) is 1. The molecule has 0 radical (unpaired) electrons. The summed E-state index contributed by atoms with van der Waals surface area (Å²) < 4.78 is 6.15. The van der Waals surface area contributed by atoms with E-state index >= 15 is 0 Å². The van der Waals surface area contributed by atoms with Crippen molar-refractivity contribution in [3.8, 4) is 0 Å². The van der Waals surface area contributed by atoms with Gasteiger partial charge < -0.3 is 10.1 Å². The molecule has 0 saturated heterocycles. The summed E-state index contributed by atoms with van der Waals surface area (Å²) >= 11 is 0. The fraction of sp³-hybridized carbons (Fsp3) is 1.00. The van der Waals surface area contributed by atoms with Gasteiger partial charge in [0.2, 0.25) is 0 Å². The van der Waals surface area contributed by atoms with Crippen molar-refractivity contribution in [2.24, 2.45) is 11.3 Å². The van der Waals surface area contributed by atoms with Crippen molar-refractivity contribution in [1.82, 2.24) is 5.32 Å². The number of rotatable bonds is 6. The monoisotopic (exact) mass is 241 g/mol. The Morgan fingerprint density at radius 3 is 2.47 bits per heavy atom. The SMILES string of the molecule is CC(C)NCC(C)(C)COC1CCCCC1C. The van der Waals surface area contributed by atoms with Crippen LogP contribution in [-0.2, 0) is 4.74 Å². The molecule has 0 aromatic heterocycles. The first-order chi connectivity index (χ1) is 7.91. The van der Waals surface area contributed by atoms with E-state index in [1.54, 1.807) is 0 Å². The smallest absolute Gasteiger partial charge is 0.0600 e. The maximum absolute atomic E-state index is 6.15. The second-order valence-electron chi connectivity index (χ2n) is 6.81. The minimum Gasteiger partial charge on any atom is -0.377 e. The van der Waals surface area contributed by atoms with E-state index in [0.717, 1.165) is 19.1 Å². The molecule has 0 aromatic rings. The van der Waals surface area contributed by atoms with Gasteiger partial charge in [0.15, 0.2) is 0 Å². The maximum Gasteiger partial charge on any atom is 0.0600 e.